The molecule has 5 nitrogen and oxygen atoms in total. The Hall–Kier alpha value is -1.40. The third-order valence-electron chi connectivity index (χ3n) is 4.07. The van der Waals surface area contributed by atoms with E-state index in [9.17, 15) is 0 Å². The molecule has 0 saturated heterocycles. The van der Waals surface area contributed by atoms with Crippen LogP contribution in [0.15, 0.2) is 28.3 Å². The molecule has 6 heteroatoms. The molecule has 0 atom stereocenters. The number of nitrogens with two attached hydrogens (primary N) is 1. The van der Waals surface area contributed by atoms with E-state index in [-0.39, 0.29) is 0 Å². The minimum absolute atomic E-state index is 0.472. The maximum atomic E-state index is 5.63. The van der Waals surface area contributed by atoms with Gasteiger partial charge in [0.2, 0.25) is 5.16 Å². The number of aryl methyl sites for hydroxylation is 1. The molecule has 1 fully saturated rings. The average molecular weight is 303 g/mol. The van der Waals surface area contributed by atoms with Crippen LogP contribution in [0.25, 0.3) is 0 Å². The SMILES string of the molecule is Cc1cc(Sc2nnnn2C2CCCC2)ccc1CCN. The van der Waals surface area contributed by atoms with Crippen LogP contribution in [0.4, 0.5) is 0 Å². The van der Waals surface area contributed by atoms with E-state index in [1.807, 2.05) is 4.68 Å². The molecule has 0 radical (unpaired) electrons. The summed E-state index contributed by atoms with van der Waals surface area (Å²) in [6.07, 6.45) is 5.86. The van der Waals surface area contributed by atoms with Gasteiger partial charge >= 0.3 is 0 Å². The van der Waals surface area contributed by atoms with Crippen molar-refractivity contribution in [2.24, 2.45) is 5.73 Å². The van der Waals surface area contributed by atoms with Crippen molar-refractivity contribution in [3.8, 4) is 0 Å². The second-order valence-corrected chi connectivity index (χ2v) is 6.61. The van der Waals surface area contributed by atoms with E-state index in [1.165, 1.54) is 41.7 Å². The molecular formula is C15H21N5S. The van der Waals surface area contributed by atoms with Gasteiger partial charge in [0.05, 0.1) is 6.04 Å². The molecule has 0 aliphatic heterocycles. The number of hydrogen-bond acceptors (Lipinski definition) is 5. The van der Waals surface area contributed by atoms with E-state index in [4.69, 9.17) is 5.73 Å². The van der Waals surface area contributed by atoms with Crippen molar-refractivity contribution in [2.75, 3.05) is 6.54 Å². The quantitative estimate of drug-likeness (QED) is 0.919. The molecular weight excluding hydrogens is 282 g/mol. The zero-order valence-electron chi connectivity index (χ0n) is 12.3. The van der Waals surface area contributed by atoms with Crippen LogP contribution < -0.4 is 5.73 Å². The van der Waals surface area contributed by atoms with Gasteiger partial charge in [0.25, 0.3) is 0 Å². The average Bonchev–Trinajstić information content (AvgIpc) is 3.12. The van der Waals surface area contributed by atoms with E-state index >= 15 is 0 Å². The van der Waals surface area contributed by atoms with Crippen LogP contribution in [-0.4, -0.2) is 26.8 Å². The molecule has 1 heterocycles. The molecule has 0 unspecified atom stereocenters. The third-order valence-corrected chi connectivity index (χ3v) is 5.01. The molecule has 21 heavy (non-hydrogen) atoms. The number of hydrogen-bond donors (Lipinski definition) is 1. The zero-order valence-corrected chi connectivity index (χ0v) is 13.1. The standard InChI is InChI=1S/C15H21N5S/c1-11-10-14(7-6-12(11)8-9-16)21-15-17-18-19-20(15)13-4-2-3-5-13/h6-7,10,13H,2-5,8-9,16H2,1H3. The summed E-state index contributed by atoms with van der Waals surface area (Å²) < 4.78 is 2.00. The molecule has 0 amide bonds. The van der Waals surface area contributed by atoms with Gasteiger partial charge in [-0.15, -0.1) is 5.10 Å². The predicted octanol–water partition coefficient (Wildman–Crippen LogP) is 2.75. The van der Waals surface area contributed by atoms with Crippen molar-refractivity contribution in [1.29, 1.82) is 0 Å². The summed E-state index contributed by atoms with van der Waals surface area (Å²) in [5.41, 5.74) is 8.23. The minimum atomic E-state index is 0.472. The molecule has 3 rings (SSSR count). The van der Waals surface area contributed by atoms with Gasteiger partial charge in [-0.3, -0.25) is 0 Å². The van der Waals surface area contributed by atoms with Gasteiger partial charge in [-0.2, -0.15) is 0 Å². The Labute approximate surface area is 129 Å². The van der Waals surface area contributed by atoms with Crippen LogP contribution in [0.5, 0.6) is 0 Å². The van der Waals surface area contributed by atoms with Crippen LogP contribution in [0.1, 0.15) is 42.9 Å². The second-order valence-electron chi connectivity index (χ2n) is 5.57. The molecule has 1 aliphatic carbocycles. The number of rotatable bonds is 5. The summed E-state index contributed by atoms with van der Waals surface area (Å²) in [4.78, 5) is 1.18. The van der Waals surface area contributed by atoms with Crippen molar-refractivity contribution in [3.05, 3.63) is 29.3 Å². The topological polar surface area (TPSA) is 69.6 Å². The van der Waals surface area contributed by atoms with Gasteiger partial charge in [0.1, 0.15) is 0 Å². The van der Waals surface area contributed by atoms with Gasteiger partial charge in [-0.1, -0.05) is 18.9 Å². The van der Waals surface area contributed by atoms with Crippen molar-refractivity contribution in [1.82, 2.24) is 20.2 Å². The first-order chi connectivity index (χ1) is 10.3. The zero-order chi connectivity index (χ0) is 14.7. The lowest BCUT2D eigenvalue weighted by molar-refractivity contribution is 0.423. The Kier molecular flexibility index (Phi) is 4.55. The summed E-state index contributed by atoms with van der Waals surface area (Å²) >= 11 is 1.64. The van der Waals surface area contributed by atoms with Gasteiger partial charge in [-0.05, 0) is 78.2 Å². The van der Waals surface area contributed by atoms with E-state index in [1.54, 1.807) is 11.8 Å². The van der Waals surface area contributed by atoms with Crippen LogP contribution in [-0.2, 0) is 6.42 Å². The van der Waals surface area contributed by atoms with Crippen molar-refractivity contribution >= 4 is 11.8 Å². The third kappa shape index (κ3) is 3.27. The molecule has 2 N–H and O–H groups in total. The molecule has 1 aliphatic rings. The highest BCUT2D eigenvalue weighted by molar-refractivity contribution is 7.99. The smallest absolute Gasteiger partial charge is 0.214 e. The van der Waals surface area contributed by atoms with E-state index in [0.717, 1.165) is 11.6 Å². The summed E-state index contributed by atoms with van der Waals surface area (Å²) in [5, 5.41) is 13.1. The van der Waals surface area contributed by atoms with Gasteiger partial charge in [0.15, 0.2) is 0 Å². The second kappa shape index (κ2) is 6.58. The van der Waals surface area contributed by atoms with E-state index in [0.29, 0.717) is 12.6 Å². The summed E-state index contributed by atoms with van der Waals surface area (Å²) in [6, 6.07) is 6.97. The largest absolute Gasteiger partial charge is 0.330 e. The first-order valence-corrected chi connectivity index (χ1v) is 8.35. The Bertz CT molecular complexity index is 604. The van der Waals surface area contributed by atoms with Crippen LogP contribution in [0.2, 0.25) is 0 Å². The Morgan fingerprint density at radius 1 is 1.33 bits per heavy atom. The summed E-state index contributed by atoms with van der Waals surface area (Å²) in [6.45, 7) is 2.82. The highest BCUT2D eigenvalue weighted by atomic mass is 32.2. The normalized spacial score (nSPS) is 15.7. The number of nitrogens with zero attached hydrogens (tertiary/aromatic N) is 4. The highest BCUT2D eigenvalue weighted by Crippen LogP contribution is 2.34. The first kappa shape index (κ1) is 14.5. The fourth-order valence-electron chi connectivity index (χ4n) is 2.90. The fourth-order valence-corrected chi connectivity index (χ4v) is 3.84. The lowest BCUT2D eigenvalue weighted by Gasteiger charge is -2.11. The van der Waals surface area contributed by atoms with Crippen molar-refractivity contribution < 1.29 is 0 Å². The molecule has 2 aromatic rings. The van der Waals surface area contributed by atoms with Gasteiger partial charge in [0, 0.05) is 4.90 Å². The number of benzene rings is 1. The molecule has 1 saturated carbocycles. The van der Waals surface area contributed by atoms with E-state index in [2.05, 4.69) is 40.6 Å². The van der Waals surface area contributed by atoms with Crippen molar-refractivity contribution in [3.63, 3.8) is 0 Å². The maximum absolute atomic E-state index is 5.63. The lowest BCUT2D eigenvalue weighted by Crippen LogP contribution is -2.08. The lowest BCUT2D eigenvalue weighted by atomic mass is 10.1. The molecule has 0 spiro atoms. The summed E-state index contributed by atoms with van der Waals surface area (Å²) in [7, 11) is 0. The maximum Gasteiger partial charge on any atom is 0.214 e. The predicted molar refractivity (Wildman–Crippen MR) is 83.4 cm³/mol. The summed E-state index contributed by atoms with van der Waals surface area (Å²) in [5.74, 6) is 0. The van der Waals surface area contributed by atoms with Gasteiger partial charge < -0.3 is 5.73 Å². The van der Waals surface area contributed by atoms with Crippen LogP contribution in [0.3, 0.4) is 0 Å². The molecule has 1 aromatic heterocycles. The number of aromatic nitrogens is 4. The monoisotopic (exact) mass is 303 g/mol. The number of tetrazole rings is 1. The molecule has 1 aromatic carbocycles. The Morgan fingerprint density at radius 2 is 2.14 bits per heavy atom. The molecule has 0 bridgehead atoms. The Balaban J connectivity index is 1.77. The Morgan fingerprint density at radius 3 is 2.86 bits per heavy atom. The van der Waals surface area contributed by atoms with Crippen molar-refractivity contribution in [2.45, 2.75) is 55.1 Å². The van der Waals surface area contributed by atoms with Crippen LogP contribution >= 0.6 is 11.8 Å². The highest BCUT2D eigenvalue weighted by Gasteiger charge is 2.21. The van der Waals surface area contributed by atoms with E-state index < -0.39 is 0 Å². The van der Waals surface area contributed by atoms with Gasteiger partial charge in [-0.25, -0.2) is 4.68 Å². The fraction of sp³-hybridized carbons (Fsp3) is 0.533. The first-order valence-electron chi connectivity index (χ1n) is 7.53. The minimum Gasteiger partial charge on any atom is -0.330 e. The van der Waals surface area contributed by atoms with Crippen LogP contribution in [0, 0.1) is 6.92 Å². The molecule has 112 valence electrons.